The number of terminal acetylenes is 1. The molecule has 0 atom stereocenters. The average molecular weight is 444 g/mol. The molecule has 1 aliphatic rings. The number of carbonyl (C=O) groups is 1. The number of aliphatic hydroxyl groups is 1. The molecule has 1 aliphatic heterocycles. The van der Waals surface area contributed by atoms with E-state index in [1.54, 1.807) is 35.7 Å². The molecule has 0 saturated carbocycles. The van der Waals surface area contributed by atoms with E-state index in [4.69, 9.17) is 11.2 Å². The van der Waals surface area contributed by atoms with E-state index in [0.717, 1.165) is 16.9 Å². The molecule has 0 unspecified atom stereocenters. The first kappa shape index (κ1) is 22.1. The van der Waals surface area contributed by atoms with Gasteiger partial charge in [-0.2, -0.15) is 10.4 Å². The smallest absolute Gasteiger partial charge is 0.298 e. The molecule has 9 heteroatoms. The first-order chi connectivity index (χ1) is 15.8. The van der Waals surface area contributed by atoms with Crippen molar-refractivity contribution in [3.8, 4) is 35.3 Å². The molecule has 0 aliphatic carbocycles. The number of nitrogens with zero attached hydrogens (tertiary/aromatic N) is 6. The maximum Gasteiger partial charge on any atom is 0.298 e. The van der Waals surface area contributed by atoms with Crippen LogP contribution in [0.25, 0.3) is 16.6 Å². The van der Waals surface area contributed by atoms with Crippen molar-refractivity contribution in [1.29, 1.82) is 5.26 Å². The number of ether oxygens (including phenoxy) is 1. The minimum atomic E-state index is -0.991. The maximum atomic E-state index is 11.7. The molecular weight excluding hydrogens is 420 g/mol. The van der Waals surface area contributed by atoms with Crippen LogP contribution in [-0.4, -0.2) is 68.9 Å². The minimum absolute atomic E-state index is 0.107. The van der Waals surface area contributed by atoms with Crippen molar-refractivity contribution >= 4 is 17.2 Å². The predicted octanol–water partition coefficient (Wildman–Crippen LogP) is 1.70. The van der Waals surface area contributed by atoms with Crippen molar-refractivity contribution in [3.05, 3.63) is 42.4 Å². The first-order valence-electron chi connectivity index (χ1n) is 10.5. The third-order valence-electron chi connectivity index (χ3n) is 5.37. The number of piperazine rings is 1. The van der Waals surface area contributed by atoms with Gasteiger partial charge >= 0.3 is 0 Å². The molecule has 168 valence electrons. The van der Waals surface area contributed by atoms with Gasteiger partial charge in [0.25, 0.3) is 5.91 Å². The summed E-state index contributed by atoms with van der Waals surface area (Å²) in [6.07, 6.45) is 10.2. The van der Waals surface area contributed by atoms with Crippen molar-refractivity contribution in [3.63, 3.8) is 0 Å². The zero-order valence-corrected chi connectivity index (χ0v) is 18.5. The zero-order chi connectivity index (χ0) is 23.6. The van der Waals surface area contributed by atoms with Crippen molar-refractivity contribution in [2.24, 2.45) is 0 Å². The van der Waals surface area contributed by atoms with Crippen LogP contribution >= 0.6 is 0 Å². The van der Waals surface area contributed by atoms with Crippen molar-refractivity contribution in [2.45, 2.75) is 19.4 Å². The Kier molecular flexibility index (Phi) is 5.91. The number of amides is 1. The Morgan fingerprint density at radius 2 is 2.03 bits per heavy atom. The highest BCUT2D eigenvalue weighted by Gasteiger charge is 2.21. The molecule has 0 bridgehead atoms. The average Bonchev–Trinajstić information content (AvgIpc) is 3.24. The second kappa shape index (κ2) is 8.81. The number of nitriles is 1. The lowest BCUT2D eigenvalue weighted by molar-refractivity contribution is -0.125. The normalized spacial score (nSPS) is 14.1. The number of hydrogen-bond acceptors (Lipinski definition) is 7. The van der Waals surface area contributed by atoms with Gasteiger partial charge in [-0.15, -0.1) is 6.42 Å². The lowest BCUT2D eigenvalue weighted by Crippen LogP contribution is -2.48. The summed E-state index contributed by atoms with van der Waals surface area (Å²) < 4.78 is 7.37. The number of fused-ring (bicyclic) bond motifs is 1. The molecule has 1 amide bonds. The highest BCUT2D eigenvalue weighted by atomic mass is 16.5. The van der Waals surface area contributed by atoms with Crippen LogP contribution in [0.15, 0.2) is 36.8 Å². The molecule has 33 heavy (non-hydrogen) atoms. The topological polar surface area (TPSA) is 107 Å². The largest absolute Gasteiger partial charge is 0.489 e. The summed E-state index contributed by atoms with van der Waals surface area (Å²) in [6, 6.07) is 7.85. The van der Waals surface area contributed by atoms with Crippen LogP contribution < -0.4 is 9.64 Å². The molecule has 0 radical (unpaired) electrons. The van der Waals surface area contributed by atoms with Gasteiger partial charge in [0, 0.05) is 43.5 Å². The van der Waals surface area contributed by atoms with Crippen LogP contribution in [0.4, 0.5) is 5.82 Å². The number of rotatable bonds is 5. The second-order valence-corrected chi connectivity index (χ2v) is 8.48. The SMILES string of the molecule is C#CC(=O)N1CCN(c2ccc(-c3cc(OCC(C)(C)O)cn4ncc(C#N)c34)cn2)CC1. The van der Waals surface area contributed by atoms with E-state index in [-0.39, 0.29) is 12.5 Å². The molecule has 1 fully saturated rings. The van der Waals surface area contributed by atoms with E-state index in [0.29, 0.717) is 43.0 Å². The van der Waals surface area contributed by atoms with Gasteiger partial charge in [0.2, 0.25) is 0 Å². The molecule has 3 aromatic heterocycles. The lowest BCUT2D eigenvalue weighted by Gasteiger charge is -2.34. The summed E-state index contributed by atoms with van der Waals surface area (Å²) in [4.78, 5) is 20.1. The Morgan fingerprint density at radius 1 is 1.27 bits per heavy atom. The van der Waals surface area contributed by atoms with E-state index >= 15 is 0 Å². The Labute approximate surface area is 191 Å². The Hall–Kier alpha value is -4.08. The highest BCUT2D eigenvalue weighted by Crippen LogP contribution is 2.31. The maximum absolute atomic E-state index is 11.7. The van der Waals surface area contributed by atoms with E-state index < -0.39 is 5.60 Å². The first-order valence-corrected chi connectivity index (χ1v) is 10.5. The fraction of sp³-hybridized carbons (Fsp3) is 0.333. The van der Waals surface area contributed by atoms with Crippen LogP contribution in [0.3, 0.4) is 0 Å². The van der Waals surface area contributed by atoms with Gasteiger partial charge in [0.1, 0.15) is 24.2 Å². The molecule has 1 N–H and O–H groups in total. The van der Waals surface area contributed by atoms with Gasteiger partial charge in [-0.3, -0.25) is 4.79 Å². The summed E-state index contributed by atoms with van der Waals surface area (Å²) in [6.45, 7) is 5.83. The van der Waals surface area contributed by atoms with E-state index in [2.05, 4.69) is 27.0 Å². The van der Waals surface area contributed by atoms with Crippen molar-refractivity contribution in [2.75, 3.05) is 37.7 Å². The molecule has 4 heterocycles. The number of anilines is 1. The number of hydrogen-bond donors (Lipinski definition) is 1. The van der Waals surface area contributed by atoms with Crippen LogP contribution in [0.2, 0.25) is 0 Å². The molecule has 3 aromatic rings. The van der Waals surface area contributed by atoms with Crippen LogP contribution in [-0.2, 0) is 4.79 Å². The molecule has 0 aromatic carbocycles. The third kappa shape index (κ3) is 4.74. The van der Waals surface area contributed by atoms with Gasteiger partial charge < -0.3 is 19.6 Å². The fourth-order valence-corrected chi connectivity index (χ4v) is 3.70. The summed E-state index contributed by atoms with van der Waals surface area (Å²) in [5, 5.41) is 23.8. The molecule has 4 rings (SSSR count). The van der Waals surface area contributed by atoms with Gasteiger partial charge in [0.15, 0.2) is 0 Å². The van der Waals surface area contributed by atoms with Crippen LogP contribution in [0, 0.1) is 23.7 Å². The quantitative estimate of drug-likeness (QED) is 0.597. The summed E-state index contributed by atoms with van der Waals surface area (Å²) in [7, 11) is 0. The molecule has 9 nitrogen and oxygen atoms in total. The number of aromatic nitrogens is 3. The Morgan fingerprint density at radius 3 is 2.64 bits per heavy atom. The van der Waals surface area contributed by atoms with Crippen LogP contribution in [0.5, 0.6) is 5.75 Å². The van der Waals surface area contributed by atoms with E-state index in [1.165, 1.54) is 6.20 Å². The van der Waals surface area contributed by atoms with E-state index in [1.807, 2.05) is 18.2 Å². The summed E-state index contributed by atoms with van der Waals surface area (Å²) >= 11 is 0. The predicted molar refractivity (Wildman–Crippen MR) is 123 cm³/mol. The van der Waals surface area contributed by atoms with Gasteiger partial charge in [-0.05, 0) is 38.0 Å². The minimum Gasteiger partial charge on any atom is -0.489 e. The standard InChI is InChI=1S/C24H24N6O3/c1-4-22(31)29-9-7-28(8-10-29)21-6-5-17(13-26-21)20-11-19(33-16-24(2,3)32)15-30-23(20)18(12-25)14-27-30/h1,5-6,11,13-15,32H,7-10,16H2,2-3H3. The highest BCUT2D eigenvalue weighted by molar-refractivity contribution is 5.93. The molecular formula is C24H24N6O3. The molecule has 1 saturated heterocycles. The van der Waals surface area contributed by atoms with Crippen molar-refractivity contribution < 1.29 is 14.6 Å². The Balaban J connectivity index is 1.62. The van der Waals surface area contributed by atoms with Gasteiger partial charge in [-0.1, -0.05) is 0 Å². The Bertz CT molecular complexity index is 1250. The molecule has 0 spiro atoms. The third-order valence-corrected chi connectivity index (χ3v) is 5.37. The lowest BCUT2D eigenvalue weighted by atomic mass is 10.1. The van der Waals surface area contributed by atoms with Crippen LogP contribution in [0.1, 0.15) is 19.4 Å². The zero-order valence-electron chi connectivity index (χ0n) is 18.5. The summed E-state index contributed by atoms with van der Waals surface area (Å²) in [5.41, 5.74) is 1.66. The monoisotopic (exact) mass is 444 g/mol. The number of carbonyl (C=O) groups excluding carboxylic acids is 1. The summed E-state index contributed by atoms with van der Waals surface area (Å²) in [5.74, 6) is 3.18. The van der Waals surface area contributed by atoms with Crippen molar-refractivity contribution in [1.82, 2.24) is 19.5 Å². The van der Waals surface area contributed by atoms with Gasteiger partial charge in [0.05, 0.1) is 29.1 Å². The number of pyridine rings is 2. The fourth-order valence-electron chi connectivity index (χ4n) is 3.70. The van der Waals surface area contributed by atoms with E-state index in [9.17, 15) is 15.2 Å². The second-order valence-electron chi connectivity index (χ2n) is 8.48. The van der Waals surface area contributed by atoms with Gasteiger partial charge in [-0.25, -0.2) is 9.50 Å².